The Bertz CT molecular complexity index is 2270. The Morgan fingerprint density at radius 2 is 0.551 bits per heavy atom. The largest absolute Gasteiger partial charge is 0.472 e. The third-order valence-corrected chi connectivity index (χ3v) is 17.7. The Labute approximate surface area is 604 Å². The number of phosphoric acid groups is 1. The quantitative estimate of drug-likeness (QED) is 0.0211. The van der Waals surface area contributed by atoms with Crippen LogP contribution in [0.4, 0.5) is 0 Å². The lowest BCUT2D eigenvalue weighted by molar-refractivity contribution is -0.870. The van der Waals surface area contributed by atoms with Gasteiger partial charge in [0.2, 0.25) is 0 Å². The molecule has 0 heterocycles. The molecule has 0 amide bonds. The lowest BCUT2D eigenvalue weighted by atomic mass is 10.0. The summed E-state index contributed by atoms with van der Waals surface area (Å²) < 4.78 is 34.8. The monoisotopic (exact) mass is 1380 g/mol. The molecule has 9 nitrogen and oxygen atoms in total. The SMILES string of the molecule is CC/C=C\C/C=C\C/C=C\C/C=C\C/C=C\C/C=C\C/C=C\C/C=C\C/C=C\CCCCCCCCCCCCCC(=O)OC(COC(=O)CCCCCCCCCCCCCCCCCCCCC/C=C\C/C=C\C/C=C\C/C=C\C/C=C\CC)COP(=O)(O)OCC[N+](C)(C)C. The first kappa shape index (κ1) is 93.4. The van der Waals surface area contributed by atoms with Crippen molar-refractivity contribution in [3.63, 3.8) is 0 Å². The molecule has 0 aromatic carbocycles. The van der Waals surface area contributed by atoms with Gasteiger partial charge in [0.25, 0.3) is 0 Å². The molecule has 0 aliphatic carbocycles. The van der Waals surface area contributed by atoms with Gasteiger partial charge in [-0.3, -0.25) is 18.6 Å². The van der Waals surface area contributed by atoms with E-state index in [-0.39, 0.29) is 32.0 Å². The molecule has 0 saturated carbocycles. The number of ether oxygens (including phenoxy) is 2. The Morgan fingerprint density at radius 3 is 0.816 bits per heavy atom. The number of unbranched alkanes of at least 4 members (excludes halogenated alkanes) is 30. The van der Waals surface area contributed by atoms with Gasteiger partial charge in [-0.1, -0.05) is 351 Å². The third-order valence-electron chi connectivity index (χ3n) is 16.7. The summed E-state index contributed by atoms with van der Waals surface area (Å²) in [5, 5.41) is 0. The minimum atomic E-state index is -4.41. The molecule has 0 aliphatic rings. The second kappa shape index (κ2) is 76.5. The molecular formula is C88H149NO8P+. The van der Waals surface area contributed by atoms with Crippen LogP contribution < -0.4 is 0 Å². The highest BCUT2D eigenvalue weighted by molar-refractivity contribution is 7.47. The maximum Gasteiger partial charge on any atom is 0.472 e. The van der Waals surface area contributed by atoms with E-state index < -0.39 is 26.5 Å². The molecule has 2 unspecified atom stereocenters. The fourth-order valence-electron chi connectivity index (χ4n) is 10.7. The molecule has 0 aromatic rings. The first-order valence-corrected chi connectivity index (χ1v) is 41.4. The van der Waals surface area contributed by atoms with Gasteiger partial charge in [-0.05, 0) is 128 Å². The van der Waals surface area contributed by atoms with Crippen LogP contribution in [0.25, 0.3) is 0 Å². The molecule has 0 radical (unpaired) electrons. The Hall–Kier alpha value is -4.63. The van der Waals surface area contributed by atoms with E-state index in [1.165, 1.54) is 154 Å². The molecule has 558 valence electrons. The Kier molecular flexibility index (Phi) is 72.9. The normalized spacial score (nSPS) is 14.0. The molecule has 0 fully saturated rings. The maximum atomic E-state index is 12.9. The zero-order chi connectivity index (χ0) is 71.1. The summed E-state index contributed by atoms with van der Waals surface area (Å²) in [6, 6.07) is 0. The second-order valence-electron chi connectivity index (χ2n) is 27.3. The summed E-state index contributed by atoms with van der Waals surface area (Å²) in [5.41, 5.74) is 0. The summed E-state index contributed by atoms with van der Waals surface area (Å²) in [4.78, 5) is 36.0. The van der Waals surface area contributed by atoms with E-state index in [1.807, 2.05) is 21.1 Å². The number of phosphoric ester groups is 1. The van der Waals surface area contributed by atoms with Gasteiger partial charge >= 0.3 is 19.8 Å². The fraction of sp³-hybridized carbons (Fsp3) is 0.659. The average molecular weight is 1380 g/mol. The molecule has 0 bridgehead atoms. The van der Waals surface area contributed by atoms with Crippen molar-refractivity contribution in [2.45, 2.75) is 328 Å². The number of carbonyl (C=O) groups is 2. The van der Waals surface area contributed by atoms with Crippen LogP contribution in [0.1, 0.15) is 322 Å². The third kappa shape index (κ3) is 80.3. The fourth-order valence-corrected chi connectivity index (χ4v) is 11.5. The molecule has 0 aromatic heterocycles. The highest BCUT2D eigenvalue weighted by Crippen LogP contribution is 2.43. The summed E-state index contributed by atoms with van der Waals surface area (Å²) >= 11 is 0. The number of quaternary nitrogens is 1. The standard InChI is InChI=1S/C88H148NO8P/c1-6-8-10-12-14-16-18-20-22-24-26-28-30-32-34-36-38-40-42-43-44-45-47-49-51-53-55-57-59-61-63-65-67-69-71-73-75-77-79-81-88(91)97-86(85-96-98(92,93)95-83-82-89(3,4)5)84-94-87(90)80-78-76-74-72-70-68-66-64-62-60-58-56-54-52-50-48-46-41-39-37-35-33-31-29-27-25-23-21-19-17-15-13-11-9-7-2/h8-11,14-17,20-23,26-29,32-35,38,40,43-44,47,49,53,55,86H,6-7,12-13,18-19,24-25,30-31,36-37,39,41-42,45-46,48,50-52,54,56-85H2,1-5H3/p+1/b10-8-,11-9-,16-14-,17-15-,22-20-,23-21-,28-26-,29-27-,34-32-,35-33-,40-38-,44-43-,49-47-,55-53-. The van der Waals surface area contributed by atoms with Gasteiger partial charge in [-0.25, -0.2) is 4.57 Å². The van der Waals surface area contributed by atoms with Crippen molar-refractivity contribution in [2.24, 2.45) is 0 Å². The molecule has 98 heavy (non-hydrogen) atoms. The number of hydrogen-bond acceptors (Lipinski definition) is 7. The molecule has 0 rings (SSSR count). The van der Waals surface area contributed by atoms with Crippen LogP contribution in [0, 0.1) is 0 Å². The van der Waals surface area contributed by atoms with Gasteiger partial charge in [0.05, 0.1) is 27.7 Å². The van der Waals surface area contributed by atoms with Crippen LogP contribution in [-0.2, 0) is 32.7 Å². The van der Waals surface area contributed by atoms with Crippen LogP contribution in [-0.4, -0.2) is 74.9 Å². The van der Waals surface area contributed by atoms with Gasteiger partial charge in [0.15, 0.2) is 6.10 Å². The molecule has 0 saturated heterocycles. The number of nitrogens with zero attached hydrogens (tertiary/aromatic N) is 1. The van der Waals surface area contributed by atoms with E-state index in [0.29, 0.717) is 17.4 Å². The van der Waals surface area contributed by atoms with Crippen LogP contribution >= 0.6 is 7.82 Å². The van der Waals surface area contributed by atoms with Gasteiger partial charge < -0.3 is 18.9 Å². The van der Waals surface area contributed by atoms with Crippen molar-refractivity contribution in [3.05, 3.63) is 170 Å². The van der Waals surface area contributed by atoms with Crippen molar-refractivity contribution in [1.29, 1.82) is 0 Å². The topological polar surface area (TPSA) is 108 Å². The molecular weight excluding hydrogens is 1230 g/mol. The molecule has 0 aliphatic heterocycles. The highest BCUT2D eigenvalue weighted by Gasteiger charge is 2.27. The average Bonchev–Trinajstić information content (AvgIpc) is 1.23. The van der Waals surface area contributed by atoms with Gasteiger partial charge in [0, 0.05) is 12.8 Å². The minimum absolute atomic E-state index is 0.0254. The molecule has 0 spiro atoms. The first-order chi connectivity index (χ1) is 48.0. The van der Waals surface area contributed by atoms with Gasteiger partial charge in [0.1, 0.15) is 19.8 Å². The minimum Gasteiger partial charge on any atom is -0.462 e. The zero-order valence-corrected chi connectivity index (χ0v) is 64.6. The van der Waals surface area contributed by atoms with Crippen LogP contribution in [0.3, 0.4) is 0 Å². The summed E-state index contributed by atoms with van der Waals surface area (Å²) in [6.07, 6.45) is 116. The van der Waals surface area contributed by atoms with E-state index in [0.717, 1.165) is 135 Å². The predicted octanol–water partition coefficient (Wildman–Crippen LogP) is 26.8. The predicted molar refractivity (Wildman–Crippen MR) is 426 cm³/mol. The summed E-state index contributed by atoms with van der Waals surface area (Å²) in [6.45, 7) is 4.22. The maximum absolute atomic E-state index is 12.9. The smallest absolute Gasteiger partial charge is 0.462 e. The van der Waals surface area contributed by atoms with E-state index in [2.05, 4.69) is 184 Å². The van der Waals surface area contributed by atoms with Crippen molar-refractivity contribution in [1.82, 2.24) is 0 Å². The van der Waals surface area contributed by atoms with E-state index >= 15 is 0 Å². The number of likely N-dealkylation sites (N-methyl/N-ethyl adjacent to an activating group) is 1. The molecule has 1 N–H and O–H groups in total. The number of rotatable bonds is 72. The second-order valence-corrected chi connectivity index (χ2v) is 28.8. The van der Waals surface area contributed by atoms with Crippen LogP contribution in [0.2, 0.25) is 0 Å². The van der Waals surface area contributed by atoms with Crippen LogP contribution in [0.5, 0.6) is 0 Å². The number of hydrogen-bond donors (Lipinski definition) is 1. The number of allylic oxidation sites excluding steroid dienone is 28. The van der Waals surface area contributed by atoms with Gasteiger partial charge in [-0.15, -0.1) is 0 Å². The van der Waals surface area contributed by atoms with Crippen molar-refractivity contribution in [3.8, 4) is 0 Å². The summed E-state index contributed by atoms with van der Waals surface area (Å²) in [7, 11) is 1.47. The van der Waals surface area contributed by atoms with Crippen molar-refractivity contribution in [2.75, 3.05) is 47.5 Å². The van der Waals surface area contributed by atoms with Gasteiger partial charge in [-0.2, -0.15) is 0 Å². The van der Waals surface area contributed by atoms with Crippen LogP contribution in [0.15, 0.2) is 170 Å². The lowest BCUT2D eigenvalue weighted by Crippen LogP contribution is -2.37. The lowest BCUT2D eigenvalue weighted by Gasteiger charge is -2.24. The molecule has 2 atom stereocenters. The van der Waals surface area contributed by atoms with Crippen molar-refractivity contribution < 1.29 is 42.1 Å². The number of esters is 2. The van der Waals surface area contributed by atoms with Crippen molar-refractivity contribution >= 4 is 19.8 Å². The Balaban J connectivity index is 4.02. The summed E-state index contributed by atoms with van der Waals surface area (Å²) in [5.74, 6) is -0.798. The zero-order valence-electron chi connectivity index (χ0n) is 63.7. The Morgan fingerprint density at radius 1 is 0.316 bits per heavy atom. The highest BCUT2D eigenvalue weighted by atomic mass is 31.2. The van der Waals surface area contributed by atoms with E-state index in [4.69, 9.17) is 18.5 Å². The first-order valence-electron chi connectivity index (χ1n) is 39.9. The van der Waals surface area contributed by atoms with E-state index in [1.54, 1.807) is 0 Å². The molecule has 10 heteroatoms. The van der Waals surface area contributed by atoms with E-state index in [9.17, 15) is 19.0 Å². The number of carbonyl (C=O) groups excluding carboxylic acids is 2.